The van der Waals surface area contributed by atoms with Crippen molar-refractivity contribution in [2.24, 2.45) is 0 Å². The minimum Gasteiger partial charge on any atom is -0.388 e. The Morgan fingerprint density at radius 1 is 1.33 bits per heavy atom. The van der Waals surface area contributed by atoms with Gasteiger partial charge in [-0.25, -0.2) is 0 Å². The van der Waals surface area contributed by atoms with Gasteiger partial charge < -0.3 is 19.3 Å². The van der Waals surface area contributed by atoms with Gasteiger partial charge in [0.2, 0.25) is 0 Å². The molecule has 0 aromatic carbocycles. The summed E-state index contributed by atoms with van der Waals surface area (Å²) < 4.78 is 16.1. The summed E-state index contributed by atoms with van der Waals surface area (Å²) in [6.45, 7) is 4.55. The molecule has 2 saturated heterocycles. The molecule has 2 heterocycles. The minimum atomic E-state index is -0.587. The van der Waals surface area contributed by atoms with Gasteiger partial charge in [0.25, 0.3) is 0 Å². The molecule has 2 fully saturated rings. The van der Waals surface area contributed by atoms with Crippen molar-refractivity contribution in [2.75, 3.05) is 13.2 Å². The fraction of sp³-hybridized carbons (Fsp3) is 1.00. The number of ether oxygens (including phenoxy) is 3. The molecule has 2 rings (SSSR count). The van der Waals surface area contributed by atoms with Crippen molar-refractivity contribution in [3.63, 3.8) is 0 Å². The van der Waals surface area contributed by atoms with Crippen molar-refractivity contribution in [1.82, 2.24) is 0 Å². The third kappa shape index (κ3) is 1.35. The molecule has 70 valence electrons. The SMILES string of the molecule is CC1(C)OC[C@H]2OC[C@H](O)[C@H]2O1. The monoisotopic (exact) mass is 174 g/mol. The smallest absolute Gasteiger partial charge is 0.163 e. The quantitative estimate of drug-likeness (QED) is 0.557. The number of rotatable bonds is 0. The molecule has 0 unspecified atom stereocenters. The van der Waals surface area contributed by atoms with Gasteiger partial charge in [-0.2, -0.15) is 0 Å². The highest BCUT2D eigenvalue weighted by atomic mass is 16.7. The molecule has 1 N–H and O–H groups in total. The summed E-state index contributed by atoms with van der Waals surface area (Å²) in [5, 5.41) is 9.45. The van der Waals surface area contributed by atoms with Gasteiger partial charge in [0.1, 0.15) is 18.3 Å². The zero-order chi connectivity index (χ0) is 8.77. The lowest BCUT2D eigenvalue weighted by atomic mass is 10.1. The van der Waals surface area contributed by atoms with Crippen LogP contribution >= 0.6 is 0 Å². The highest BCUT2D eigenvalue weighted by Gasteiger charge is 2.45. The van der Waals surface area contributed by atoms with E-state index >= 15 is 0 Å². The summed E-state index contributed by atoms with van der Waals surface area (Å²) in [6, 6.07) is 0. The third-order valence-corrected chi connectivity index (χ3v) is 2.24. The predicted octanol–water partition coefficient (Wildman–Crippen LogP) is -0.102. The standard InChI is InChI=1S/C8H14O4/c1-8(2)11-4-6-7(12-8)5(9)3-10-6/h5-7,9H,3-4H2,1-2H3/t5-,6+,7+/m0/s1. The largest absolute Gasteiger partial charge is 0.388 e. The van der Waals surface area contributed by atoms with E-state index < -0.39 is 11.9 Å². The summed E-state index contributed by atoms with van der Waals surface area (Å²) in [5.41, 5.74) is 0. The summed E-state index contributed by atoms with van der Waals surface area (Å²) in [5.74, 6) is -0.587. The van der Waals surface area contributed by atoms with E-state index in [1.54, 1.807) is 0 Å². The van der Waals surface area contributed by atoms with Crippen LogP contribution in [0.25, 0.3) is 0 Å². The molecule has 0 spiro atoms. The van der Waals surface area contributed by atoms with E-state index in [-0.39, 0.29) is 12.2 Å². The van der Waals surface area contributed by atoms with Crippen LogP contribution in [-0.2, 0) is 14.2 Å². The van der Waals surface area contributed by atoms with Crippen molar-refractivity contribution in [2.45, 2.75) is 37.9 Å². The molecule has 0 saturated carbocycles. The topological polar surface area (TPSA) is 47.9 Å². The zero-order valence-electron chi connectivity index (χ0n) is 7.32. The Morgan fingerprint density at radius 2 is 2.08 bits per heavy atom. The molecule has 3 atom stereocenters. The summed E-state index contributed by atoms with van der Waals surface area (Å²) >= 11 is 0. The minimum absolute atomic E-state index is 0.0898. The van der Waals surface area contributed by atoms with Crippen LogP contribution in [0.5, 0.6) is 0 Å². The first-order valence-corrected chi connectivity index (χ1v) is 4.20. The van der Waals surface area contributed by atoms with Crippen molar-refractivity contribution in [1.29, 1.82) is 0 Å². The van der Waals surface area contributed by atoms with Gasteiger partial charge in [-0.05, 0) is 13.8 Å². The van der Waals surface area contributed by atoms with Crippen LogP contribution in [0.15, 0.2) is 0 Å². The van der Waals surface area contributed by atoms with Crippen LogP contribution in [0.2, 0.25) is 0 Å². The molecule has 0 amide bonds. The lowest BCUT2D eigenvalue weighted by Gasteiger charge is -2.37. The highest BCUT2D eigenvalue weighted by molar-refractivity contribution is 4.88. The second-order valence-electron chi connectivity index (χ2n) is 3.73. The van der Waals surface area contributed by atoms with Crippen molar-refractivity contribution < 1.29 is 19.3 Å². The molecular formula is C8H14O4. The van der Waals surface area contributed by atoms with Gasteiger partial charge >= 0.3 is 0 Å². The Hall–Kier alpha value is -0.160. The molecule has 0 aromatic heterocycles. The molecule has 2 aliphatic heterocycles. The Bertz CT molecular complexity index is 180. The second-order valence-corrected chi connectivity index (χ2v) is 3.73. The Balaban J connectivity index is 2.07. The van der Waals surface area contributed by atoms with Crippen LogP contribution in [-0.4, -0.2) is 42.4 Å². The van der Waals surface area contributed by atoms with Crippen LogP contribution in [0.4, 0.5) is 0 Å². The Morgan fingerprint density at radius 3 is 2.83 bits per heavy atom. The van der Waals surface area contributed by atoms with E-state index in [0.29, 0.717) is 13.2 Å². The van der Waals surface area contributed by atoms with Crippen LogP contribution in [0, 0.1) is 0 Å². The van der Waals surface area contributed by atoms with Gasteiger partial charge in [-0.1, -0.05) is 0 Å². The fourth-order valence-electron chi connectivity index (χ4n) is 1.60. The second kappa shape index (κ2) is 2.67. The average Bonchev–Trinajstić information content (AvgIpc) is 2.31. The summed E-state index contributed by atoms with van der Waals surface area (Å²) in [7, 11) is 0. The molecule has 0 aromatic rings. The molecule has 0 radical (unpaired) electrons. The average molecular weight is 174 g/mol. The van der Waals surface area contributed by atoms with Crippen LogP contribution < -0.4 is 0 Å². The highest BCUT2D eigenvalue weighted by Crippen LogP contribution is 2.29. The van der Waals surface area contributed by atoms with Gasteiger partial charge in [0.15, 0.2) is 5.79 Å². The molecule has 12 heavy (non-hydrogen) atoms. The Labute approximate surface area is 71.4 Å². The Kier molecular flexibility index (Phi) is 1.88. The van der Waals surface area contributed by atoms with Crippen molar-refractivity contribution >= 4 is 0 Å². The number of hydrogen-bond donors (Lipinski definition) is 1. The molecule has 4 heteroatoms. The fourth-order valence-corrected chi connectivity index (χ4v) is 1.60. The maximum Gasteiger partial charge on any atom is 0.163 e. The van der Waals surface area contributed by atoms with E-state index in [9.17, 15) is 5.11 Å². The van der Waals surface area contributed by atoms with Gasteiger partial charge in [-0.3, -0.25) is 0 Å². The predicted molar refractivity (Wildman–Crippen MR) is 40.7 cm³/mol. The summed E-state index contributed by atoms with van der Waals surface area (Å²) in [4.78, 5) is 0. The maximum atomic E-state index is 9.45. The van der Waals surface area contributed by atoms with E-state index in [1.807, 2.05) is 13.8 Å². The molecule has 4 nitrogen and oxygen atoms in total. The van der Waals surface area contributed by atoms with E-state index in [1.165, 1.54) is 0 Å². The van der Waals surface area contributed by atoms with E-state index in [2.05, 4.69) is 0 Å². The van der Waals surface area contributed by atoms with E-state index in [4.69, 9.17) is 14.2 Å². The lowest BCUT2D eigenvalue weighted by molar-refractivity contribution is -0.299. The van der Waals surface area contributed by atoms with Crippen molar-refractivity contribution in [3.8, 4) is 0 Å². The van der Waals surface area contributed by atoms with Crippen LogP contribution in [0.3, 0.4) is 0 Å². The van der Waals surface area contributed by atoms with Crippen molar-refractivity contribution in [3.05, 3.63) is 0 Å². The normalized spacial score (nSPS) is 45.8. The van der Waals surface area contributed by atoms with Gasteiger partial charge in [-0.15, -0.1) is 0 Å². The number of aliphatic hydroxyl groups is 1. The molecule has 2 aliphatic rings. The first-order valence-electron chi connectivity index (χ1n) is 4.20. The number of fused-ring (bicyclic) bond motifs is 1. The number of hydrogen-bond acceptors (Lipinski definition) is 4. The van der Waals surface area contributed by atoms with Crippen LogP contribution in [0.1, 0.15) is 13.8 Å². The van der Waals surface area contributed by atoms with Gasteiger partial charge in [0.05, 0.1) is 13.2 Å². The lowest BCUT2D eigenvalue weighted by Crippen LogP contribution is -2.49. The first kappa shape index (κ1) is 8.44. The molecule has 0 bridgehead atoms. The first-order chi connectivity index (χ1) is 5.58. The third-order valence-electron chi connectivity index (χ3n) is 2.24. The molecular weight excluding hydrogens is 160 g/mol. The van der Waals surface area contributed by atoms with Gasteiger partial charge in [0, 0.05) is 0 Å². The maximum absolute atomic E-state index is 9.45. The zero-order valence-corrected chi connectivity index (χ0v) is 7.32. The molecule has 0 aliphatic carbocycles. The summed E-state index contributed by atoms with van der Waals surface area (Å²) in [6.07, 6.45) is -0.806. The number of aliphatic hydroxyl groups excluding tert-OH is 1. The van der Waals surface area contributed by atoms with E-state index in [0.717, 1.165) is 0 Å².